The average Bonchev–Trinajstić information content (AvgIpc) is 2.40. The second kappa shape index (κ2) is 5.74. The van der Waals surface area contributed by atoms with Gasteiger partial charge in [-0.2, -0.15) is 0 Å². The molecule has 1 heterocycles. The summed E-state index contributed by atoms with van der Waals surface area (Å²) >= 11 is 0. The maximum atomic E-state index is 4.61. The van der Waals surface area contributed by atoms with Gasteiger partial charge in [-0.25, -0.2) is 0 Å². The minimum atomic E-state index is 0.373. The third-order valence-electron chi connectivity index (χ3n) is 4.93. The molecule has 0 unspecified atom stereocenters. The lowest BCUT2D eigenvalue weighted by Crippen LogP contribution is -2.56. The molecule has 1 aliphatic rings. The molecule has 3 heteroatoms. The molecule has 1 aliphatic carbocycles. The van der Waals surface area contributed by atoms with E-state index in [1.807, 2.05) is 0 Å². The van der Waals surface area contributed by atoms with Gasteiger partial charge < -0.3 is 10.2 Å². The summed E-state index contributed by atoms with van der Waals surface area (Å²) in [4.78, 5) is 7.00. The summed E-state index contributed by atoms with van der Waals surface area (Å²) in [5, 5.41) is 4.94. The summed E-state index contributed by atoms with van der Waals surface area (Å²) in [5.74, 6) is 0. The van der Waals surface area contributed by atoms with Gasteiger partial charge in [-0.15, -0.1) is 0 Å². The second-order valence-corrected chi connectivity index (χ2v) is 6.52. The van der Waals surface area contributed by atoms with Gasteiger partial charge in [0.15, 0.2) is 0 Å². The number of benzene rings is 1. The topological polar surface area (TPSA) is 28.2 Å². The minimum absolute atomic E-state index is 0.373. The zero-order chi connectivity index (χ0) is 14.9. The quantitative estimate of drug-likeness (QED) is 0.914. The molecule has 1 saturated carbocycles. The fraction of sp³-hybridized carbons (Fsp3) is 0.500. The SMILES string of the molecule is Cc1cc(CNCC2(N(C)C)CCC2)c2ccccc2n1. The first kappa shape index (κ1) is 14.5. The van der Waals surface area contributed by atoms with Gasteiger partial charge in [-0.1, -0.05) is 18.2 Å². The van der Waals surface area contributed by atoms with Crippen molar-refractivity contribution in [3.8, 4) is 0 Å². The third-order valence-corrected chi connectivity index (χ3v) is 4.93. The zero-order valence-corrected chi connectivity index (χ0v) is 13.3. The van der Waals surface area contributed by atoms with Crippen molar-refractivity contribution in [2.45, 2.75) is 38.3 Å². The van der Waals surface area contributed by atoms with Gasteiger partial charge in [0, 0.05) is 29.7 Å². The lowest BCUT2D eigenvalue weighted by molar-refractivity contribution is 0.0598. The number of aromatic nitrogens is 1. The number of likely N-dealkylation sites (N-methyl/N-ethyl adjacent to an activating group) is 1. The van der Waals surface area contributed by atoms with Crippen molar-refractivity contribution >= 4 is 10.9 Å². The van der Waals surface area contributed by atoms with E-state index in [0.29, 0.717) is 5.54 Å². The number of pyridine rings is 1. The monoisotopic (exact) mass is 283 g/mol. The Kier molecular flexibility index (Phi) is 3.96. The largest absolute Gasteiger partial charge is 0.311 e. The fourth-order valence-electron chi connectivity index (χ4n) is 3.34. The van der Waals surface area contributed by atoms with Gasteiger partial charge in [-0.05, 0) is 58.0 Å². The number of aryl methyl sites for hydroxylation is 1. The number of rotatable bonds is 5. The first-order valence-corrected chi connectivity index (χ1v) is 7.84. The molecule has 3 nitrogen and oxygen atoms in total. The lowest BCUT2D eigenvalue weighted by atomic mass is 9.75. The molecule has 1 N–H and O–H groups in total. The van der Waals surface area contributed by atoms with Crippen molar-refractivity contribution in [1.29, 1.82) is 0 Å². The van der Waals surface area contributed by atoms with Crippen LogP contribution in [-0.4, -0.2) is 36.1 Å². The molecule has 1 aromatic carbocycles. The van der Waals surface area contributed by atoms with E-state index in [1.54, 1.807) is 0 Å². The van der Waals surface area contributed by atoms with Crippen LogP contribution in [0.25, 0.3) is 10.9 Å². The van der Waals surface area contributed by atoms with Crippen LogP contribution in [0.4, 0.5) is 0 Å². The van der Waals surface area contributed by atoms with Gasteiger partial charge in [0.1, 0.15) is 0 Å². The molecule has 3 rings (SSSR count). The number of hydrogen-bond donors (Lipinski definition) is 1. The Balaban J connectivity index is 1.73. The van der Waals surface area contributed by atoms with Crippen molar-refractivity contribution in [2.24, 2.45) is 0 Å². The highest BCUT2D eigenvalue weighted by molar-refractivity contribution is 5.82. The van der Waals surface area contributed by atoms with Gasteiger partial charge in [-0.3, -0.25) is 4.98 Å². The third kappa shape index (κ3) is 2.81. The predicted octanol–water partition coefficient (Wildman–Crippen LogP) is 3.12. The summed E-state index contributed by atoms with van der Waals surface area (Å²) in [6.45, 7) is 4.05. The van der Waals surface area contributed by atoms with E-state index in [9.17, 15) is 0 Å². The lowest BCUT2D eigenvalue weighted by Gasteiger charge is -2.47. The van der Waals surface area contributed by atoms with Crippen LogP contribution in [0.1, 0.15) is 30.5 Å². The standard InChI is InChI=1S/C18H25N3/c1-14-11-15(16-7-4-5-8-17(16)20-14)12-19-13-18(21(2)3)9-6-10-18/h4-5,7-8,11,19H,6,9-10,12-13H2,1-3H3. The van der Waals surface area contributed by atoms with Crippen molar-refractivity contribution in [3.05, 3.63) is 41.6 Å². The zero-order valence-electron chi connectivity index (χ0n) is 13.3. The molecule has 0 saturated heterocycles. The minimum Gasteiger partial charge on any atom is -0.311 e. The normalized spacial score (nSPS) is 17.1. The number of para-hydroxylation sites is 1. The van der Waals surface area contributed by atoms with Crippen molar-refractivity contribution in [3.63, 3.8) is 0 Å². The van der Waals surface area contributed by atoms with Crippen LogP contribution >= 0.6 is 0 Å². The predicted molar refractivity (Wildman–Crippen MR) is 88.5 cm³/mol. The summed E-state index contributed by atoms with van der Waals surface area (Å²) in [6, 6.07) is 10.6. The van der Waals surface area contributed by atoms with Crippen LogP contribution in [0.5, 0.6) is 0 Å². The molecule has 21 heavy (non-hydrogen) atoms. The van der Waals surface area contributed by atoms with E-state index >= 15 is 0 Å². The van der Waals surface area contributed by atoms with Crippen LogP contribution in [0.3, 0.4) is 0 Å². The van der Waals surface area contributed by atoms with Crippen molar-refractivity contribution < 1.29 is 0 Å². The van der Waals surface area contributed by atoms with Crippen molar-refractivity contribution in [2.75, 3.05) is 20.6 Å². The molecule has 112 valence electrons. The van der Waals surface area contributed by atoms with E-state index in [-0.39, 0.29) is 0 Å². The van der Waals surface area contributed by atoms with Crippen molar-refractivity contribution in [1.82, 2.24) is 15.2 Å². The number of nitrogens with one attached hydrogen (secondary N) is 1. The van der Waals surface area contributed by atoms with E-state index in [4.69, 9.17) is 0 Å². The molecule has 0 bridgehead atoms. The summed E-state index contributed by atoms with van der Waals surface area (Å²) in [7, 11) is 4.40. The highest BCUT2D eigenvalue weighted by Gasteiger charge is 2.38. The molecular weight excluding hydrogens is 258 g/mol. The Bertz CT molecular complexity index is 629. The summed E-state index contributed by atoms with van der Waals surface area (Å²) in [5.41, 5.74) is 3.92. The summed E-state index contributed by atoms with van der Waals surface area (Å²) < 4.78 is 0. The number of nitrogens with zero attached hydrogens (tertiary/aromatic N) is 2. The molecule has 0 aliphatic heterocycles. The first-order valence-electron chi connectivity index (χ1n) is 7.84. The van der Waals surface area contributed by atoms with Crippen LogP contribution in [0, 0.1) is 6.92 Å². The Morgan fingerprint density at radius 3 is 2.67 bits per heavy atom. The second-order valence-electron chi connectivity index (χ2n) is 6.52. The first-order chi connectivity index (χ1) is 10.1. The molecule has 0 atom stereocenters. The molecule has 1 aromatic heterocycles. The maximum absolute atomic E-state index is 4.61. The Morgan fingerprint density at radius 1 is 1.24 bits per heavy atom. The van der Waals surface area contributed by atoms with Gasteiger partial charge in [0.2, 0.25) is 0 Å². The molecule has 0 amide bonds. The highest BCUT2D eigenvalue weighted by Crippen LogP contribution is 2.35. The highest BCUT2D eigenvalue weighted by atomic mass is 15.2. The Hall–Kier alpha value is -1.45. The van der Waals surface area contributed by atoms with Crippen LogP contribution < -0.4 is 5.32 Å². The average molecular weight is 283 g/mol. The van der Waals surface area contributed by atoms with E-state index in [2.05, 4.69) is 66.6 Å². The summed E-state index contributed by atoms with van der Waals surface area (Å²) in [6.07, 6.45) is 3.98. The molecule has 2 aromatic rings. The van der Waals surface area contributed by atoms with E-state index in [1.165, 1.54) is 30.2 Å². The van der Waals surface area contributed by atoms with Gasteiger partial charge in [0.25, 0.3) is 0 Å². The number of hydrogen-bond acceptors (Lipinski definition) is 3. The molecule has 0 spiro atoms. The molecule has 1 fully saturated rings. The van der Waals surface area contributed by atoms with Crippen LogP contribution in [-0.2, 0) is 6.54 Å². The number of fused-ring (bicyclic) bond motifs is 1. The van der Waals surface area contributed by atoms with Crippen LogP contribution in [0.15, 0.2) is 30.3 Å². The van der Waals surface area contributed by atoms with Gasteiger partial charge >= 0.3 is 0 Å². The molecule has 0 radical (unpaired) electrons. The smallest absolute Gasteiger partial charge is 0.0708 e. The van der Waals surface area contributed by atoms with E-state index in [0.717, 1.165) is 24.3 Å². The Labute approximate surface area is 127 Å². The Morgan fingerprint density at radius 2 is 2.00 bits per heavy atom. The fourth-order valence-corrected chi connectivity index (χ4v) is 3.34. The molecular formula is C18H25N3. The van der Waals surface area contributed by atoms with Crippen LogP contribution in [0.2, 0.25) is 0 Å². The van der Waals surface area contributed by atoms with Gasteiger partial charge in [0.05, 0.1) is 5.52 Å². The maximum Gasteiger partial charge on any atom is 0.0708 e. The van der Waals surface area contributed by atoms with E-state index < -0.39 is 0 Å².